The summed E-state index contributed by atoms with van der Waals surface area (Å²) in [5.74, 6) is -0.132. The highest BCUT2D eigenvalue weighted by molar-refractivity contribution is 5.49. The number of halogens is 1. The second-order valence-corrected chi connectivity index (χ2v) is 3.55. The predicted octanol–water partition coefficient (Wildman–Crippen LogP) is 2.95. The maximum atomic E-state index is 13.6. The Balaban J connectivity index is -0.000000562. The second kappa shape index (κ2) is 3.96. The first kappa shape index (κ1) is 9.46. The van der Waals surface area contributed by atoms with Gasteiger partial charge in [-0.25, -0.2) is 4.39 Å². The van der Waals surface area contributed by atoms with Crippen molar-refractivity contribution < 1.29 is 14.8 Å². The molecule has 1 aliphatic heterocycles. The van der Waals surface area contributed by atoms with Gasteiger partial charge in [-0.15, -0.1) is 0 Å². The van der Waals surface area contributed by atoms with Gasteiger partial charge in [0.05, 0.1) is 18.9 Å². The number of hydrogen-bond donors (Lipinski definition) is 0. The zero-order valence-electron chi connectivity index (χ0n) is 8.29. The zero-order chi connectivity index (χ0) is 9.97. The Bertz CT molecular complexity index is 335. The fraction of sp³-hybridized carbons (Fsp3) is 0.455. The highest BCUT2D eigenvalue weighted by Gasteiger charge is 2.14. The van der Waals surface area contributed by atoms with Crippen LogP contribution < -0.4 is 4.90 Å². The normalized spacial score (nSPS) is 17.1. The summed E-state index contributed by atoms with van der Waals surface area (Å²) < 4.78 is 18.8. The maximum absolute atomic E-state index is 13.6. The Morgan fingerprint density at radius 2 is 2.07 bits per heavy atom. The number of anilines is 1. The summed E-state index contributed by atoms with van der Waals surface area (Å²) >= 11 is 0. The molecule has 0 N–H and O–H groups in total. The Morgan fingerprint density at radius 1 is 1.36 bits per heavy atom. The Morgan fingerprint density at radius 3 is 2.71 bits per heavy atom. The number of benzene rings is 1. The molecule has 2 rings (SSSR count). The molecule has 3 heteroatoms. The van der Waals surface area contributed by atoms with E-state index in [4.69, 9.17) is 4.74 Å². The van der Waals surface area contributed by atoms with E-state index in [2.05, 4.69) is 0 Å². The fourth-order valence-corrected chi connectivity index (χ4v) is 1.67. The van der Waals surface area contributed by atoms with Crippen molar-refractivity contribution in [3.05, 3.63) is 29.6 Å². The summed E-state index contributed by atoms with van der Waals surface area (Å²) in [4.78, 5) is 2.03. The highest BCUT2D eigenvalue weighted by atomic mass is 19.1. The fourth-order valence-electron chi connectivity index (χ4n) is 1.67. The molecule has 2 nitrogen and oxygen atoms in total. The molecule has 1 aromatic rings. The Labute approximate surface area is 89.2 Å². The van der Waals surface area contributed by atoms with Crippen LogP contribution in [0.4, 0.5) is 10.1 Å². The molecule has 1 aliphatic rings. The third-order valence-corrected chi connectivity index (χ3v) is 2.45. The molecule has 1 heterocycles. The number of nitrogens with zero attached hydrogens (tertiary/aromatic N) is 1. The monoisotopic (exact) mass is 203 g/mol. The van der Waals surface area contributed by atoms with Crippen LogP contribution in [0.2, 0.25) is 0 Å². The smallest absolute Gasteiger partial charge is 0.146 e. The van der Waals surface area contributed by atoms with Crippen molar-refractivity contribution in [1.29, 1.82) is 0 Å². The molecule has 0 aliphatic carbocycles. The van der Waals surface area contributed by atoms with Gasteiger partial charge in [0.25, 0.3) is 0 Å². The van der Waals surface area contributed by atoms with Crippen LogP contribution in [0.1, 0.15) is 11.3 Å². The van der Waals surface area contributed by atoms with Crippen LogP contribution in [-0.2, 0) is 4.74 Å². The zero-order valence-corrected chi connectivity index (χ0v) is 8.29. The second-order valence-electron chi connectivity index (χ2n) is 3.55. The number of hydrogen-bond acceptors (Lipinski definition) is 2. The minimum atomic E-state index is -0.132. The van der Waals surface area contributed by atoms with Gasteiger partial charge in [0.1, 0.15) is 5.82 Å². The van der Waals surface area contributed by atoms with Crippen molar-refractivity contribution in [3.63, 3.8) is 0 Å². The van der Waals surface area contributed by atoms with E-state index in [0.29, 0.717) is 18.9 Å². The van der Waals surface area contributed by atoms with Crippen LogP contribution in [0.3, 0.4) is 0 Å². The first-order chi connectivity index (χ1) is 6.77. The summed E-state index contributed by atoms with van der Waals surface area (Å²) in [5, 5.41) is 0. The van der Waals surface area contributed by atoms with E-state index in [-0.39, 0.29) is 11.5 Å². The standard InChI is InChI=1S/C11H14FNO.4H2/c1-9-2-3-11(10(12)8-9)13-4-6-14-7-5-13;;;;/h2-3,8H,4-7H2,1H3;4*1H. The molecule has 1 fully saturated rings. The van der Waals surface area contributed by atoms with Gasteiger partial charge in [0, 0.05) is 18.8 Å². The quantitative estimate of drug-likeness (QED) is 0.695. The lowest BCUT2D eigenvalue weighted by Crippen LogP contribution is -2.36. The molecule has 0 bridgehead atoms. The van der Waals surface area contributed by atoms with E-state index in [1.54, 1.807) is 6.07 Å². The molecule has 0 aromatic heterocycles. The van der Waals surface area contributed by atoms with Gasteiger partial charge in [-0.05, 0) is 24.6 Å². The molecular formula is C11H22FNO. The lowest BCUT2D eigenvalue weighted by atomic mass is 10.2. The minimum absolute atomic E-state index is 0. The summed E-state index contributed by atoms with van der Waals surface area (Å²) in [7, 11) is 0. The van der Waals surface area contributed by atoms with Crippen molar-refractivity contribution in [2.75, 3.05) is 31.2 Å². The molecule has 84 valence electrons. The third-order valence-electron chi connectivity index (χ3n) is 2.45. The molecule has 0 radical (unpaired) electrons. The largest absolute Gasteiger partial charge is 0.378 e. The molecule has 0 spiro atoms. The van der Waals surface area contributed by atoms with Gasteiger partial charge >= 0.3 is 0 Å². The number of aryl methyl sites for hydroxylation is 1. The summed E-state index contributed by atoms with van der Waals surface area (Å²) in [6, 6.07) is 5.36. The first-order valence-electron chi connectivity index (χ1n) is 4.86. The molecule has 1 saturated heterocycles. The van der Waals surface area contributed by atoms with Crippen LogP contribution in [0, 0.1) is 12.7 Å². The number of ether oxygens (including phenoxy) is 1. The molecule has 0 saturated carbocycles. The Hall–Kier alpha value is -1.09. The van der Waals surface area contributed by atoms with Crippen LogP contribution in [0.25, 0.3) is 0 Å². The van der Waals surface area contributed by atoms with Gasteiger partial charge in [0.2, 0.25) is 0 Å². The van der Waals surface area contributed by atoms with Gasteiger partial charge < -0.3 is 9.64 Å². The third kappa shape index (κ3) is 1.87. The summed E-state index contributed by atoms with van der Waals surface area (Å²) in [5.41, 5.74) is 1.65. The SMILES string of the molecule is Cc1ccc(N2CCOCC2)c(F)c1.[HH].[HH].[HH].[HH]. The molecule has 1 aromatic carbocycles. The van der Waals surface area contributed by atoms with E-state index in [9.17, 15) is 4.39 Å². The van der Waals surface area contributed by atoms with Crippen LogP contribution >= 0.6 is 0 Å². The van der Waals surface area contributed by atoms with Crippen molar-refractivity contribution in [2.45, 2.75) is 6.92 Å². The average Bonchev–Trinajstić information content (AvgIpc) is 2.19. The van der Waals surface area contributed by atoms with E-state index < -0.39 is 0 Å². The van der Waals surface area contributed by atoms with Gasteiger partial charge in [0.15, 0.2) is 0 Å². The van der Waals surface area contributed by atoms with E-state index in [0.717, 1.165) is 18.7 Å². The van der Waals surface area contributed by atoms with E-state index >= 15 is 0 Å². The lowest BCUT2D eigenvalue weighted by molar-refractivity contribution is 0.122. The topological polar surface area (TPSA) is 12.5 Å². The Kier molecular flexibility index (Phi) is 2.68. The average molecular weight is 203 g/mol. The first-order valence-corrected chi connectivity index (χ1v) is 4.86. The minimum Gasteiger partial charge on any atom is -0.378 e. The number of rotatable bonds is 1. The van der Waals surface area contributed by atoms with Crippen LogP contribution in [-0.4, -0.2) is 26.3 Å². The van der Waals surface area contributed by atoms with E-state index in [1.807, 2.05) is 24.0 Å². The summed E-state index contributed by atoms with van der Waals surface area (Å²) in [6.45, 7) is 4.83. The van der Waals surface area contributed by atoms with Crippen LogP contribution in [0.15, 0.2) is 18.2 Å². The summed E-state index contributed by atoms with van der Waals surface area (Å²) in [6.07, 6.45) is 0. The molecule has 0 amide bonds. The van der Waals surface area contributed by atoms with Gasteiger partial charge in [-0.3, -0.25) is 0 Å². The lowest BCUT2D eigenvalue weighted by Gasteiger charge is -2.29. The van der Waals surface area contributed by atoms with Crippen molar-refractivity contribution >= 4 is 5.69 Å². The van der Waals surface area contributed by atoms with Crippen molar-refractivity contribution in [3.8, 4) is 0 Å². The van der Waals surface area contributed by atoms with Crippen molar-refractivity contribution in [2.24, 2.45) is 0 Å². The van der Waals surface area contributed by atoms with Gasteiger partial charge in [-0.2, -0.15) is 0 Å². The maximum Gasteiger partial charge on any atom is 0.146 e. The highest BCUT2D eigenvalue weighted by Crippen LogP contribution is 2.20. The molecule has 0 unspecified atom stereocenters. The molecule has 0 atom stereocenters. The van der Waals surface area contributed by atoms with Gasteiger partial charge in [-0.1, -0.05) is 6.07 Å². The molecular weight excluding hydrogens is 181 g/mol. The predicted molar refractivity (Wildman–Crippen MR) is 62.6 cm³/mol. The van der Waals surface area contributed by atoms with Crippen LogP contribution in [0.5, 0.6) is 0 Å². The molecule has 14 heavy (non-hydrogen) atoms. The van der Waals surface area contributed by atoms with E-state index in [1.165, 1.54) is 0 Å². The number of morpholine rings is 1. The van der Waals surface area contributed by atoms with Crippen molar-refractivity contribution in [1.82, 2.24) is 0 Å².